The summed E-state index contributed by atoms with van der Waals surface area (Å²) in [5, 5.41) is 2.85. The van der Waals surface area contributed by atoms with E-state index in [-0.39, 0.29) is 12.4 Å². The topological polar surface area (TPSA) is 45.2 Å². The monoisotopic (exact) mass is 317 g/mol. The second kappa shape index (κ2) is 5.10. The zero-order valence-corrected chi connectivity index (χ0v) is 11.7. The first-order valence-corrected chi connectivity index (χ1v) is 7.13. The van der Waals surface area contributed by atoms with E-state index in [1.807, 2.05) is 0 Å². The van der Waals surface area contributed by atoms with Crippen molar-refractivity contribution < 1.29 is 22.4 Å². The van der Waals surface area contributed by atoms with Crippen molar-refractivity contribution in [2.45, 2.75) is 43.8 Å². The number of carbonyl (C=O) groups excluding carboxylic acids is 1. The van der Waals surface area contributed by atoms with Gasteiger partial charge in [0, 0.05) is 6.20 Å². The smallest absolute Gasteiger partial charge is 0.330 e. The molecule has 0 bridgehead atoms. The van der Waals surface area contributed by atoms with Crippen molar-refractivity contribution >= 4 is 11.8 Å². The third-order valence-corrected chi connectivity index (χ3v) is 4.29. The Hall–Kier alpha value is -1.86. The first-order valence-electron chi connectivity index (χ1n) is 7.13. The normalized spacial score (nSPS) is 21.3. The average Bonchev–Trinajstić information content (AvgIpc) is 2.75. The quantitative estimate of drug-likeness (QED) is 0.806. The van der Waals surface area contributed by atoms with Crippen LogP contribution in [0.15, 0.2) is 12.3 Å². The lowest BCUT2D eigenvalue weighted by Crippen LogP contribution is -2.44. The second-order valence-corrected chi connectivity index (χ2v) is 5.88. The van der Waals surface area contributed by atoms with Gasteiger partial charge in [0.05, 0.1) is 17.6 Å². The van der Waals surface area contributed by atoms with Crippen LogP contribution in [0.4, 0.5) is 28.2 Å². The van der Waals surface area contributed by atoms with E-state index in [4.69, 9.17) is 0 Å². The molecule has 0 radical (unpaired) electrons. The number of rotatable bonds is 1. The molecule has 120 valence electrons. The summed E-state index contributed by atoms with van der Waals surface area (Å²) in [6.45, 7) is 0.237. The van der Waals surface area contributed by atoms with Gasteiger partial charge in [-0.3, -0.25) is 4.90 Å². The highest BCUT2D eigenvalue weighted by atomic mass is 19.4. The van der Waals surface area contributed by atoms with Gasteiger partial charge in [0.15, 0.2) is 11.6 Å². The fraction of sp³-hybridized carbons (Fsp3) is 0.571. The zero-order valence-electron chi connectivity index (χ0n) is 11.7. The Bertz CT molecular complexity index is 596. The summed E-state index contributed by atoms with van der Waals surface area (Å²) < 4.78 is 51.6. The van der Waals surface area contributed by atoms with E-state index in [2.05, 4.69) is 10.3 Å². The summed E-state index contributed by atoms with van der Waals surface area (Å²) in [5.41, 5.74) is -1.58. The molecule has 2 heterocycles. The van der Waals surface area contributed by atoms with Crippen LogP contribution in [-0.2, 0) is 6.18 Å². The molecule has 0 aromatic carbocycles. The first-order chi connectivity index (χ1) is 10.3. The summed E-state index contributed by atoms with van der Waals surface area (Å²) >= 11 is 0. The highest BCUT2D eigenvalue weighted by molar-refractivity contribution is 5.94. The Morgan fingerprint density at radius 1 is 1.23 bits per heavy atom. The molecule has 4 nitrogen and oxygen atoms in total. The van der Waals surface area contributed by atoms with Crippen LogP contribution in [-0.4, -0.2) is 23.1 Å². The maximum absolute atomic E-state index is 14.0. The number of alkyl halides is 3. The van der Waals surface area contributed by atoms with E-state index in [1.165, 1.54) is 0 Å². The van der Waals surface area contributed by atoms with Crippen molar-refractivity contribution in [2.75, 3.05) is 11.4 Å². The molecule has 0 atom stereocenters. The lowest BCUT2D eigenvalue weighted by molar-refractivity contribution is -0.138. The maximum Gasteiger partial charge on any atom is 0.417 e. The van der Waals surface area contributed by atoms with E-state index in [0.717, 1.165) is 37.0 Å². The summed E-state index contributed by atoms with van der Waals surface area (Å²) in [7, 11) is 0. The highest BCUT2D eigenvalue weighted by Gasteiger charge is 2.45. The Kier molecular flexibility index (Phi) is 3.49. The number of nitrogens with one attached hydrogen (secondary N) is 1. The van der Waals surface area contributed by atoms with Gasteiger partial charge in [0.1, 0.15) is 0 Å². The first kappa shape index (κ1) is 15.1. The van der Waals surface area contributed by atoms with Crippen LogP contribution in [0, 0.1) is 5.82 Å². The van der Waals surface area contributed by atoms with Crippen LogP contribution in [0.25, 0.3) is 0 Å². The predicted octanol–water partition coefficient (Wildman–Crippen LogP) is 3.47. The van der Waals surface area contributed by atoms with Crippen molar-refractivity contribution in [1.29, 1.82) is 0 Å². The molecule has 1 aliphatic heterocycles. The molecule has 8 heteroatoms. The van der Waals surface area contributed by atoms with Crippen LogP contribution in [0.3, 0.4) is 0 Å². The molecule has 1 N–H and O–H groups in total. The minimum atomic E-state index is -4.66. The fourth-order valence-electron chi connectivity index (χ4n) is 3.18. The number of pyridine rings is 1. The Balaban J connectivity index is 1.87. The van der Waals surface area contributed by atoms with Crippen LogP contribution in [0.1, 0.15) is 37.7 Å². The van der Waals surface area contributed by atoms with Gasteiger partial charge < -0.3 is 5.32 Å². The lowest BCUT2D eigenvalue weighted by atomic mass is 9.82. The van der Waals surface area contributed by atoms with Crippen LogP contribution < -0.4 is 10.2 Å². The molecule has 1 aromatic rings. The molecule has 1 spiro atoms. The summed E-state index contributed by atoms with van der Waals surface area (Å²) in [4.78, 5) is 16.7. The highest BCUT2D eigenvalue weighted by Crippen LogP contribution is 2.36. The minimum absolute atomic E-state index is 0.237. The van der Waals surface area contributed by atoms with Gasteiger partial charge in [-0.1, -0.05) is 19.3 Å². The summed E-state index contributed by atoms with van der Waals surface area (Å²) in [5.74, 6) is -1.49. The van der Waals surface area contributed by atoms with Crippen molar-refractivity contribution in [1.82, 2.24) is 10.3 Å². The summed E-state index contributed by atoms with van der Waals surface area (Å²) in [6.07, 6.45) is 0.495. The van der Waals surface area contributed by atoms with Crippen LogP contribution in [0.2, 0.25) is 0 Å². The molecule has 1 aromatic heterocycles. The number of anilines is 1. The van der Waals surface area contributed by atoms with Gasteiger partial charge in [0.2, 0.25) is 0 Å². The molecule has 1 saturated carbocycles. The number of amides is 2. The number of hydrogen-bond acceptors (Lipinski definition) is 2. The molecule has 22 heavy (non-hydrogen) atoms. The third kappa shape index (κ3) is 2.62. The number of nitrogens with zero attached hydrogens (tertiary/aromatic N) is 2. The van der Waals surface area contributed by atoms with Crippen LogP contribution in [0.5, 0.6) is 0 Å². The minimum Gasteiger partial charge on any atom is -0.330 e. The SMILES string of the molecule is O=C1NC2(CCCCC2)CN1c1ncc(C(F)(F)F)cc1F. The van der Waals surface area contributed by atoms with Gasteiger partial charge >= 0.3 is 12.2 Å². The number of aromatic nitrogens is 1. The number of halogens is 4. The summed E-state index contributed by atoms with van der Waals surface area (Å²) in [6, 6.07) is -0.130. The number of hydrogen-bond donors (Lipinski definition) is 1. The van der Waals surface area contributed by atoms with E-state index < -0.39 is 29.1 Å². The van der Waals surface area contributed by atoms with Gasteiger partial charge in [-0.25, -0.2) is 14.2 Å². The van der Waals surface area contributed by atoms with E-state index in [0.29, 0.717) is 12.3 Å². The molecule has 2 fully saturated rings. The van der Waals surface area contributed by atoms with Gasteiger partial charge in [-0.15, -0.1) is 0 Å². The third-order valence-electron chi connectivity index (χ3n) is 4.29. The van der Waals surface area contributed by atoms with Crippen molar-refractivity contribution in [3.8, 4) is 0 Å². The number of urea groups is 1. The lowest BCUT2D eigenvalue weighted by Gasteiger charge is -2.32. The molecular formula is C14H15F4N3O. The zero-order chi connectivity index (χ0) is 16.0. The van der Waals surface area contributed by atoms with Gasteiger partial charge in [-0.2, -0.15) is 13.2 Å². The Labute approximate surface area is 124 Å². The van der Waals surface area contributed by atoms with Crippen molar-refractivity contribution in [3.05, 3.63) is 23.6 Å². The van der Waals surface area contributed by atoms with Gasteiger partial charge in [0.25, 0.3) is 0 Å². The largest absolute Gasteiger partial charge is 0.417 e. The standard InChI is InChI=1S/C14H15F4N3O/c15-10-6-9(14(16,17)18)7-19-11(10)21-8-13(20-12(21)22)4-2-1-3-5-13/h6-7H,1-5,8H2,(H,20,22). The van der Waals surface area contributed by atoms with Crippen molar-refractivity contribution in [3.63, 3.8) is 0 Å². The molecule has 2 amide bonds. The molecule has 1 aliphatic carbocycles. The average molecular weight is 317 g/mol. The Morgan fingerprint density at radius 3 is 2.50 bits per heavy atom. The fourth-order valence-corrected chi connectivity index (χ4v) is 3.18. The van der Waals surface area contributed by atoms with Gasteiger partial charge in [-0.05, 0) is 18.9 Å². The van der Waals surface area contributed by atoms with Crippen LogP contribution >= 0.6 is 0 Å². The molecule has 2 aliphatic rings. The molecule has 0 unspecified atom stereocenters. The Morgan fingerprint density at radius 2 is 1.91 bits per heavy atom. The van der Waals surface area contributed by atoms with E-state index in [1.54, 1.807) is 0 Å². The number of carbonyl (C=O) groups is 1. The van der Waals surface area contributed by atoms with E-state index >= 15 is 0 Å². The molecular weight excluding hydrogens is 302 g/mol. The maximum atomic E-state index is 14.0. The second-order valence-electron chi connectivity index (χ2n) is 5.88. The van der Waals surface area contributed by atoms with Crippen molar-refractivity contribution in [2.24, 2.45) is 0 Å². The molecule has 3 rings (SSSR count). The molecule has 1 saturated heterocycles. The predicted molar refractivity (Wildman–Crippen MR) is 70.9 cm³/mol. The van der Waals surface area contributed by atoms with E-state index in [9.17, 15) is 22.4 Å².